The molecule has 0 aliphatic rings. The Bertz CT molecular complexity index is 1120. The number of carbonyl (C=O) groups is 1. The van der Waals surface area contributed by atoms with Gasteiger partial charge in [-0.2, -0.15) is 0 Å². The van der Waals surface area contributed by atoms with Gasteiger partial charge in [0.2, 0.25) is 0 Å². The number of nitro groups is 1. The average Bonchev–Trinajstić information content (AvgIpc) is 2.65. The molecular weight excluding hydrogens is 457 g/mol. The van der Waals surface area contributed by atoms with Gasteiger partial charge in [0.15, 0.2) is 0 Å². The third-order valence-corrected chi connectivity index (χ3v) is 6.06. The zero-order chi connectivity index (χ0) is 21.1. The Balaban J connectivity index is 1.94. The van der Waals surface area contributed by atoms with Crippen molar-refractivity contribution in [3.63, 3.8) is 0 Å². The monoisotopic (exact) mass is 467 g/mol. The molecule has 0 heterocycles. The van der Waals surface area contributed by atoms with Crippen molar-refractivity contribution in [1.29, 1.82) is 0 Å². The molecule has 0 saturated heterocycles. The zero-order valence-corrected chi connectivity index (χ0v) is 17.6. The lowest BCUT2D eigenvalue weighted by atomic mass is 9.99. The maximum atomic E-state index is 11.6. The van der Waals surface area contributed by atoms with E-state index in [1.807, 2.05) is 0 Å². The minimum absolute atomic E-state index is 0.0857. The fourth-order valence-corrected chi connectivity index (χ4v) is 4.20. The first kappa shape index (κ1) is 21.5. The summed E-state index contributed by atoms with van der Waals surface area (Å²) in [6.07, 6.45) is 0.195. The van der Waals surface area contributed by atoms with E-state index in [9.17, 15) is 20.0 Å². The first-order valence-corrected chi connectivity index (χ1v) is 10.1. The fraction of sp³-hybridized carbons (Fsp3) is 0.0500. The van der Waals surface area contributed by atoms with Gasteiger partial charge >= 0.3 is 5.97 Å². The lowest BCUT2D eigenvalue weighted by molar-refractivity contribution is -0.387. The van der Waals surface area contributed by atoms with Gasteiger partial charge in [0.1, 0.15) is 0 Å². The van der Waals surface area contributed by atoms with E-state index >= 15 is 0 Å². The summed E-state index contributed by atoms with van der Waals surface area (Å²) in [5, 5.41) is 22.1. The van der Waals surface area contributed by atoms with E-state index < -0.39 is 10.9 Å². The maximum Gasteiger partial charge on any atom is 0.335 e. The number of carboxylic acids is 1. The Labute approximate surface area is 185 Å². The molecule has 148 valence electrons. The van der Waals surface area contributed by atoms with Crippen molar-refractivity contribution in [3.8, 4) is 0 Å². The zero-order valence-electron chi connectivity index (χ0n) is 14.6. The van der Waals surface area contributed by atoms with Crippen LogP contribution in [0.4, 0.5) is 5.69 Å². The lowest BCUT2D eigenvalue weighted by Crippen LogP contribution is -2.03. The van der Waals surface area contributed by atoms with Gasteiger partial charge < -0.3 is 5.11 Å². The smallest absolute Gasteiger partial charge is 0.335 e. The van der Waals surface area contributed by atoms with E-state index in [-0.39, 0.29) is 17.7 Å². The largest absolute Gasteiger partial charge is 0.478 e. The highest BCUT2D eigenvalue weighted by Crippen LogP contribution is 2.38. The maximum absolute atomic E-state index is 11.6. The van der Waals surface area contributed by atoms with Crippen molar-refractivity contribution in [1.82, 2.24) is 0 Å². The first-order valence-electron chi connectivity index (χ1n) is 8.16. The molecule has 0 radical (unpaired) electrons. The second-order valence-corrected chi connectivity index (χ2v) is 8.39. The number of benzene rings is 3. The molecule has 1 N–H and O–H groups in total. The van der Waals surface area contributed by atoms with Gasteiger partial charge in [0.25, 0.3) is 5.69 Å². The van der Waals surface area contributed by atoms with Crippen LogP contribution in [0.3, 0.4) is 0 Å². The number of nitrogens with zero attached hydrogens (tertiary/aromatic N) is 1. The third-order valence-electron chi connectivity index (χ3n) is 4.03. The van der Waals surface area contributed by atoms with Crippen molar-refractivity contribution < 1.29 is 14.8 Å². The summed E-state index contributed by atoms with van der Waals surface area (Å²) < 4.78 is 0. The first-order chi connectivity index (χ1) is 13.7. The Morgan fingerprint density at radius 1 is 1.00 bits per heavy atom. The second kappa shape index (κ2) is 9.05. The van der Waals surface area contributed by atoms with E-state index in [0.29, 0.717) is 36.0 Å². The SMILES string of the molecule is O=C(O)c1ccc(Cl)cc1Cc1ccc(Sc2ccc(Cl)c(Cl)c2)c([N+](=O)[O-])c1. The standard InChI is InChI=1S/C20H12Cl3NO4S/c21-13-2-4-15(20(25)26)12(9-13)7-11-1-6-19(18(8-11)24(27)28)29-14-3-5-16(22)17(23)10-14/h1-6,8-10H,7H2,(H,25,26). The van der Waals surface area contributed by atoms with Gasteiger partial charge in [-0.1, -0.05) is 52.6 Å². The van der Waals surface area contributed by atoms with E-state index in [4.69, 9.17) is 34.8 Å². The van der Waals surface area contributed by atoms with E-state index in [1.54, 1.807) is 36.4 Å². The Morgan fingerprint density at radius 2 is 1.76 bits per heavy atom. The van der Waals surface area contributed by atoms with Crippen molar-refractivity contribution in [2.45, 2.75) is 16.2 Å². The molecule has 0 bridgehead atoms. The van der Waals surface area contributed by atoms with Crippen LogP contribution >= 0.6 is 46.6 Å². The summed E-state index contributed by atoms with van der Waals surface area (Å²) in [6.45, 7) is 0. The molecule has 0 fully saturated rings. The second-order valence-electron chi connectivity index (χ2n) is 6.02. The van der Waals surface area contributed by atoms with Crippen LogP contribution in [-0.2, 0) is 6.42 Å². The van der Waals surface area contributed by atoms with Crippen molar-refractivity contribution in [2.24, 2.45) is 0 Å². The molecule has 0 amide bonds. The molecule has 0 unspecified atom stereocenters. The van der Waals surface area contributed by atoms with Crippen LogP contribution in [0.1, 0.15) is 21.5 Å². The van der Waals surface area contributed by atoms with E-state index in [1.165, 1.54) is 30.0 Å². The van der Waals surface area contributed by atoms with Gasteiger partial charge in [-0.05, 0) is 60.0 Å². The van der Waals surface area contributed by atoms with Crippen LogP contribution in [0.15, 0.2) is 64.4 Å². The van der Waals surface area contributed by atoms with Crippen molar-refractivity contribution in [2.75, 3.05) is 0 Å². The van der Waals surface area contributed by atoms with Crippen LogP contribution in [-0.4, -0.2) is 16.0 Å². The fourth-order valence-electron chi connectivity index (χ4n) is 2.71. The number of hydrogen-bond acceptors (Lipinski definition) is 4. The van der Waals surface area contributed by atoms with E-state index in [0.717, 1.165) is 0 Å². The van der Waals surface area contributed by atoms with E-state index in [2.05, 4.69) is 0 Å². The predicted octanol–water partition coefficient (Wildman–Crippen LogP) is 7.00. The summed E-state index contributed by atoms with van der Waals surface area (Å²) in [6, 6.07) is 14.2. The number of aromatic carboxylic acids is 1. The molecule has 0 spiro atoms. The van der Waals surface area contributed by atoms with Gasteiger partial charge in [0, 0.05) is 16.0 Å². The molecule has 0 aliphatic heterocycles. The van der Waals surface area contributed by atoms with Crippen LogP contribution < -0.4 is 0 Å². The molecule has 0 saturated carbocycles. The quantitative estimate of drug-likeness (QED) is 0.311. The molecular formula is C20H12Cl3NO4S. The summed E-state index contributed by atoms with van der Waals surface area (Å²) >= 11 is 19.1. The van der Waals surface area contributed by atoms with Crippen molar-refractivity contribution >= 4 is 58.2 Å². The summed E-state index contributed by atoms with van der Waals surface area (Å²) in [7, 11) is 0. The average molecular weight is 469 g/mol. The van der Waals surface area contributed by atoms with Crippen LogP contribution in [0.2, 0.25) is 15.1 Å². The topological polar surface area (TPSA) is 80.4 Å². The molecule has 0 atom stereocenters. The molecule has 9 heteroatoms. The predicted molar refractivity (Wildman–Crippen MR) is 115 cm³/mol. The molecule has 3 aromatic carbocycles. The number of nitro benzene ring substituents is 1. The highest BCUT2D eigenvalue weighted by atomic mass is 35.5. The molecule has 3 aromatic rings. The lowest BCUT2D eigenvalue weighted by Gasteiger charge is -2.09. The number of hydrogen-bond donors (Lipinski definition) is 1. The number of rotatable bonds is 6. The Kier molecular flexibility index (Phi) is 6.70. The van der Waals surface area contributed by atoms with Crippen LogP contribution in [0.5, 0.6) is 0 Å². The third kappa shape index (κ3) is 5.22. The van der Waals surface area contributed by atoms with Gasteiger partial charge in [-0.3, -0.25) is 10.1 Å². The van der Waals surface area contributed by atoms with Crippen molar-refractivity contribution in [3.05, 3.63) is 96.5 Å². The van der Waals surface area contributed by atoms with Gasteiger partial charge in [0.05, 0.1) is 25.4 Å². The molecule has 3 rings (SSSR count). The molecule has 5 nitrogen and oxygen atoms in total. The highest BCUT2D eigenvalue weighted by molar-refractivity contribution is 7.99. The minimum atomic E-state index is -1.09. The normalized spacial score (nSPS) is 10.7. The van der Waals surface area contributed by atoms with Crippen LogP contribution in [0, 0.1) is 10.1 Å². The number of carboxylic acid groups (broad SMARTS) is 1. The minimum Gasteiger partial charge on any atom is -0.478 e. The van der Waals surface area contributed by atoms with Gasteiger partial charge in [-0.15, -0.1) is 0 Å². The highest BCUT2D eigenvalue weighted by Gasteiger charge is 2.18. The molecule has 0 aromatic heterocycles. The number of halogens is 3. The van der Waals surface area contributed by atoms with Gasteiger partial charge in [-0.25, -0.2) is 4.79 Å². The summed E-state index contributed by atoms with van der Waals surface area (Å²) in [5.74, 6) is -1.09. The molecule has 0 aliphatic carbocycles. The Hall–Kier alpha value is -2.25. The summed E-state index contributed by atoms with van der Waals surface area (Å²) in [4.78, 5) is 23.7. The summed E-state index contributed by atoms with van der Waals surface area (Å²) in [5.41, 5.74) is 1.09. The Morgan fingerprint density at radius 3 is 2.41 bits per heavy atom. The molecule has 29 heavy (non-hydrogen) atoms. The van der Waals surface area contributed by atoms with Crippen LogP contribution in [0.25, 0.3) is 0 Å².